The molecule has 0 aliphatic heterocycles. The summed E-state index contributed by atoms with van der Waals surface area (Å²) in [6.07, 6.45) is 2.91. The first-order chi connectivity index (χ1) is 13.1. The van der Waals surface area contributed by atoms with Gasteiger partial charge in [-0.1, -0.05) is 18.2 Å². The van der Waals surface area contributed by atoms with E-state index in [-0.39, 0.29) is 17.1 Å². The highest BCUT2D eigenvalue weighted by molar-refractivity contribution is 5.97. The minimum Gasteiger partial charge on any atom is -0.438 e. The number of rotatable bonds is 6. The molecule has 27 heavy (non-hydrogen) atoms. The monoisotopic (exact) mass is 362 g/mol. The highest BCUT2D eigenvalue weighted by Gasteiger charge is 2.13. The molecule has 2 aromatic carbocycles. The number of non-ortho nitro benzene ring substituents is 1. The average Bonchev–Trinajstić information content (AvgIpc) is 2.69. The summed E-state index contributed by atoms with van der Waals surface area (Å²) in [5.74, 6) is 0.221. The fourth-order valence-electron chi connectivity index (χ4n) is 2.15. The molecular formula is C19H14N4O4. The van der Waals surface area contributed by atoms with E-state index in [2.05, 4.69) is 15.5 Å². The maximum absolute atomic E-state index is 12.4. The van der Waals surface area contributed by atoms with Crippen molar-refractivity contribution in [3.05, 3.63) is 94.2 Å². The Morgan fingerprint density at radius 3 is 2.52 bits per heavy atom. The van der Waals surface area contributed by atoms with Gasteiger partial charge in [0.15, 0.2) is 0 Å². The third kappa shape index (κ3) is 4.73. The molecule has 1 amide bonds. The van der Waals surface area contributed by atoms with Crippen LogP contribution in [0.2, 0.25) is 0 Å². The maximum Gasteiger partial charge on any atom is 0.276 e. The number of ether oxygens (including phenoxy) is 1. The minimum atomic E-state index is -0.493. The molecule has 3 aromatic rings. The van der Waals surface area contributed by atoms with E-state index in [0.717, 1.165) is 0 Å². The van der Waals surface area contributed by atoms with E-state index in [9.17, 15) is 14.9 Å². The van der Waals surface area contributed by atoms with Crippen LogP contribution in [0, 0.1) is 10.1 Å². The molecular weight excluding hydrogens is 348 g/mol. The molecule has 0 saturated carbocycles. The number of para-hydroxylation sites is 1. The normalized spacial score (nSPS) is 10.5. The van der Waals surface area contributed by atoms with Crippen molar-refractivity contribution < 1.29 is 14.5 Å². The summed E-state index contributed by atoms with van der Waals surface area (Å²) in [6.45, 7) is 0. The lowest BCUT2D eigenvalue weighted by atomic mass is 10.2. The Morgan fingerprint density at radius 2 is 1.81 bits per heavy atom. The number of hydrogen-bond donors (Lipinski definition) is 1. The number of nitrogens with one attached hydrogen (secondary N) is 1. The molecule has 8 heteroatoms. The molecule has 8 nitrogen and oxygen atoms in total. The van der Waals surface area contributed by atoms with Gasteiger partial charge in [0.05, 0.1) is 11.1 Å². The number of carbonyl (C=O) groups is 1. The van der Waals surface area contributed by atoms with Crippen LogP contribution in [0.4, 0.5) is 5.69 Å². The molecule has 0 radical (unpaired) electrons. The highest BCUT2D eigenvalue weighted by atomic mass is 16.6. The van der Waals surface area contributed by atoms with Gasteiger partial charge in [0.1, 0.15) is 11.3 Å². The van der Waals surface area contributed by atoms with E-state index >= 15 is 0 Å². The van der Waals surface area contributed by atoms with E-state index in [4.69, 9.17) is 4.74 Å². The quantitative estimate of drug-likeness (QED) is 0.410. The van der Waals surface area contributed by atoms with Crippen molar-refractivity contribution in [3.8, 4) is 11.6 Å². The average molecular weight is 362 g/mol. The SMILES string of the molecule is O=C(N/N=C/c1ccc([N+](=O)[O-])cc1)c1cccnc1Oc1ccccc1. The summed E-state index contributed by atoms with van der Waals surface area (Å²) in [6, 6.07) is 17.9. The van der Waals surface area contributed by atoms with Crippen LogP contribution in [-0.2, 0) is 0 Å². The van der Waals surface area contributed by atoms with E-state index in [0.29, 0.717) is 11.3 Å². The largest absolute Gasteiger partial charge is 0.438 e. The number of aromatic nitrogens is 1. The third-order valence-corrected chi connectivity index (χ3v) is 3.46. The highest BCUT2D eigenvalue weighted by Crippen LogP contribution is 2.22. The van der Waals surface area contributed by atoms with Crippen LogP contribution in [0.3, 0.4) is 0 Å². The first-order valence-electron chi connectivity index (χ1n) is 7.89. The molecule has 3 rings (SSSR count). The van der Waals surface area contributed by atoms with Crippen LogP contribution >= 0.6 is 0 Å². The van der Waals surface area contributed by atoms with Crippen LogP contribution in [0.25, 0.3) is 0 Å². The Kier molecular flexibility index (Phi) is 5.48. The van der Waals surface area contributed by atoms with Gasteiger partial charge in [0.25, 0.3) is 11.6 Å². The zero-order chi connectivity index (χ0) is 19.1. The molecule has 0 atom stereocenters. The van der Waals surface area contributed by atoms with Gasteiger partial charge >= 0.3 is 0 Å². The molecule has 0 saturated heterocycles. The zero-order valence-electron chi connectivity index (χ0n) is 14.0. The number of amides is 1. The lowest BCUT2D eigenvalue weighted by molar-refractivity contribution is -0.384. The van der Waals surface area contributed by atoms with Crippen LogP contribution in [0.5, 0.6) is 11.6 Å². The van der Waals surface area contributed by atoms with Gasteiger partial charge in [-0.25, -0.2) is 10.4 Å². The second kappa shape index (κ2) is 8.34. The van der Waals surface area contributed by atoms with E-state index in [1.807, 2.05) is 18.2 Å². The standard InChI is InChI=1S/C19H14N4O4/c24-18(22-21-13-14-8-10-15(11-9-14)23(25)26)17-7-4-12-20-19(17)27-16-5-2-1-3-6-16/h1-13H,(H,22,24)/b21-13+. The van der Waals surface area contributed by atoms with Crippen LogP contribution < -0.4 is 10.2 Å². The van der Waals surface area contributed by atoms with Gasteiger partial charge in [-0.15, -0.1) is 0 Å². The zero-order valence-corrected chi connectivity index (χ0v) is 14.0. The fraction of sp³-hybridized carbons (Fsp3) is 0. The van der Waals surface area contributed by atoms with Crippen molar-refractivity contribution >= 4 is 17.8 Å². The summed E-state index contributed by atoms with van der Waals surface area (Å²) < 4.78 is 5.64. The van der Waals surface area contributed by atoms with Crippen LogP contribution in [-0.4, -0.2) is 22.0 Å². The number of nitro groups is 1. The topological polar surface area (TPSA) is 107 Å². The lowest BCUT2D eigenvalue weighted by Gasteiger charge is -2.08. The Bertz CT molecular complexity index is 973. The Morgan fingerprint density at radius 1 is 1.07 bits per heavy atom. The maximum atomic E-state index is 12.4. The molecule has 0 bridgehead atoms. The van der Waals surface area contributed by atoms with Crippen molar-refractivity contribution in [2.45, 2.75) is 0 Å². The number of hydrazone groups is 1. The van der Waals surface area contributed by atoms with Crippen LogP contribution in [0.15, 0.2) is 78.0 Å². The predicted molar refractivity (Wildman–Crippen MR) is 98.9 cm³/mol. The molecule has 1 heterocycles. The molecule has 0 aliphatic carbocycles. The predicted octanol–water partition coefficient (Wildman–Crippen LogP) is 3.55. The lowest BCUT2D eigenvalue weighted by Crippen LogP contribution is -2.18. The van der Waals surface area contributed by atoms with Crippen molar-refractivity contribution in [2.24, 2.45) is 5.10 Å². The summed E-state index contributed by atoms with van der Waals surface area (Å²) in [5.41, 5.74) is 3.20. The minimum absolute atomic E-state index is 0.0192. The van der Waals surface area contributed by atoms with Crippen LogP contribution in [0.1, 0.15) is 15.9 Å². The Balaban J connectivity index is 1.68. The van der Waals surface area contributed by atoms with Crippen molar-refractivity contribution in [1.82, 2.24) is 10.4 Å². The molecule has 0 unspecified atom stereocenters. The van der Waals surface area contributed by atoms with Crippen molar-refractivity contribution in [2.75, 3.05) is 0 Å². The van der Waals surface area contributed by atoms with Crippen molar-refractivity contribution in [3.63, 3.8) is 0 Å². The first-order valence-corrected chi connectivity index (χ1v) is 7.89. The number of pyridine rings is 1. The molecule has 1 aromatic heterocycles. The molecule has 0 fully saturated rings. The van der Waals surface area contributed by atoms with E-state index in [1.165, 1.54) is 36.7 Å². The number of nitro benzene ring substituents is 1. The fourth-order valence-corrected chi connectivity index (χ4v) is 2.15. The number of carbonyl (C=O) groups excluding carboxylic acids is 1. The Hall–Kier alpha value is -4.07. The molecule has 134 valence electrons. The summed E-state index contributed by atoms with van der Waals surface area (Å²) in [4.78, 5) is 26.6. The number of nitrogens with zero attached hydrogens (tertiary/aromatic N) is 3. The van der Waals surface area contributed by atoms with Gasteiger partial charge < -0.3 is 4.74 Å². The summed E-state index contributed by atoms with van der Waals surface area (Å²) >= 11 is 0. The van der Waals surface area contributed by atoms with Gasteiger partial charge in [0.2, 0.25) is 5.88 Å². The first kappa shape index (κ1) is 17.7. The van der Waals surface area contributed by atoms with Gasteiger partial charge in [-0.3, -0.25) is 14.9 Å². The van der Waals surface area contributed by atoms with E-state index in [1.54, 1.807) is 24.3 Å². The van der Waals surface area contributed by atoms with Crippen molar-refractivity contribution in [1.29, 1.82) is 0 Å². The smallest absolute Gasteiger partial charge is 0.276 e. The van der Waals surface area contributed by atoms with Gasteiger partial charge in [0, 0.05) is 18.3 Å². The number of hydrogen-bond acceptors (Lipinski definition) is 6. The van der Waals surface area contributed by atoms with E-state index < -0.39 is 10.8 Å². The third-order valence-electron chi connectivity index (χ3n) is 3.46. The molecule has 0 spiro atoms. The second-order valence-electron chi connectivity index (χ2n) is 5.32. The number of benzene rings is 2. The van der Waals surface area contributed by atoms with Gasteiger partial charge in [-0.05, 0) is 42.0 Å². The summed E-state index contributed by atoms with van der Waals surface area (Å²) in [7, 11) is 0. The molecule has 0 aliphatic rings. The van der Waals surface area contributed by atoms with Gasteiger partial charge in [-0.2, -0.15) is 5.10 Å². The molecule has 1 N–H and O–H groups in total. The Labute approximate surface area is 154 Å². The summed E-state index contributed by atoms with van der Waals surface area (Å²) in [5, 5.41) is 14.5. The second-order valence-corrected chi connectivity index (χ2v) is 5.32.